The number of H-pyrrole nitrogens is 1. The van der Waals surface area contributed by atoms with Crippen LogP contribution in [0.25, 0.3) is 21.8 Å². The van der Waals surface area contributed by atoms with Crippen LogP contribution in [-0.4, -0.2) is 172 Å². The SMILES string of the molecule is OC[C@@H](O)[C@@H](O[C@H]1O[C@H](CO)[C@@H](O[C@H]2O[C@H](CO)[C@@H](O)[C@H](O)[C@H]2O)[C@H](O)[C@H]1O)[C@H](O)[C@@H](O)Cc1nc2cc3ccccc3cc2[nH]1. The molecular formula is C29H40N2O15. The Morgan fingerprint density at radius 2 is 1.39 bits per heavy atom. The number of ether oxygens (including phenoxy) is 4. The van der Waals surface area contributed by atoms with Gasteiger partial charge in [0.05, 0.1) is 37.0 Å². The van der Waals surface area contributed by atoms with Crippen molar-refractivity contribution in [3.63, 3.8) is 0 Å². The van der Waals surface area contributed by atoms with Crippen molar-refractivity contribution in [2.45, 2.75) is 92.2 Å². The number of aliphatic hydroxyl groups excluding tert-OH is 11. The van der Waals surface area contributed by atoms with Gasteiger partial charge in [0.15, 0.2) is 12.6 Å². The van der Waals surface area contributed by atoms with E-state index in [4.69, 9.17) is 18.9 Å². The van der Waals surface area contributed by atoms with E-state index in [1.165, 1.54) is 0 Å². The fraction of sp³-hybridized carbons (Fsp3) is 0.621. The number of aromatic nitrogens is 2. The van der Waals surface area contributed by atoms with Crippen molar-refractivity contribution >= 4 is 21.8 Å². The third-order valence-electron chi connectivity index (χ3n) is 8.35. The number of aliphatic hydroxyl groups is 11. The van der Waals surface area contributed by atoms with Gasteiger partial charge in [-0.15, -0.1) is 0 Å². The first-order valence-electron chi connectivity index (χ1n) is 14.7. The molecule has 3 heterocycles. The molecule has 256 valence electrons. The van der Waals surface area contributed by atoms with Crippen LogP contribution in [0.15, 0.2) is 36.4 Å². The van der Waals surface area contributed by atoms with E-state index in [0.717, 1.165) is 10.8 Å². The predicted octanol–water partition coefficient (Wildman–Crippen LogP) is -4.66. The first kappa shape index (κ1) is 34.9. The highest BCUT2D eigenvalue weighted by molar-refractivity contribution is 5.95. The molecule has 14 atom stereocenters. The fourth-order valence-electron chi connectivity index (χ4n) is 5.71. The monoisotopic (exact) mass is 656 g/mol. The van der Waals surface area contributed by atoms with E-state index in [-0.39, 0.29) is 6.42 Å². The minimum Gasteiger partial charge on any atom is -0.394 e. The van der Waals surface area contributed by atoms with E-state index in [1.807, 2.05) is 36.4 Å². The number of benzene rings is 2. The van der Waals surface area contributed by atoms with Gasteiger partial charge in [0.1, 0.15) is 73.0 Å². The zero-order valence-electron chi connectivity index (χ0n) is 24.4. The molecule has 0 amide bonds. The number of nitrogens with one attached hydrogen (secondary N) is 1. The van der Waals surface area contributed by atoms with Crippen LogP contribution < -0.4 is 0 Å². The summed E-state index contributed by atoms with van der Waals surface area (Å²) in [5.41, 5.74) is 1.30. The molecule has 17 heteroatoms. The van der Waals surface area contributed by atoms with Crippen LogP contribution in [0.2, 0.25) is 0 Å². The highest BCUT2D eigenvalue weighted by Crippen LogP contribution is 2.31. The lowest BCUT2D eigenvalue weighted by Gasteiger charge is -2.46. The molecule has 2 fully saturated rings. The van der Waals surface area contributed by atoms with Crippen LogP contribution in [0.5, 0.6) is 0 Å². The fourth-order valence-corrected chi connectivity index (χ4v) is 5.71. The van der Waals surface area contributed by atoms with Crippen molar-refractivity contribution in [1.29, 1.82) is 0 Å². The van der Waals surface area contributed by atoms with E-state index in [0.29, 0.717) is 16.9 Å². The van der Waals surface area contributed by atoms with E-state index in [2.05, 4.69) is 9.97 Å². The second kappa shape index (κ2) is 14.8. The number of hydrogen-bond acceptors (Lipinski definition) is 16. The van der Waals surface area contributed by atoms with Crippen LogP contribution in [-0.2, 0) is 25.4 Å². The Hall–Kier alpha value is -2.43. The average molecular weight is 657 g/mol. The number of rotatable bonds is 12. The van der Waals surface area contributed by atoms with Crippen LogP contribution in [0.1, 0.15) is 5.82 Å². The highest BCUT2D eigenvalue weighted by atomic mass is 16.7. The topological polar surface area (TPSA) is 288 Å². The summed E-state index contributed by atoms with van der Waals surface area (Å²) < 4.78 is 21.9. The van der Waals surface area contributed by atoms with Gasteiger partial charge in [-0.05, 0) is 22.9 Å². The molecule has 1 aromatic heterocycles. The van der Waals surface area contributed by atoms with Crippen molar-refractivity contribution < 1.29 is 75.1 Å². The zero-order chi connectivity index (χ0) is 33.3. The second-order valence-electron chi connectivity index (χ2n) is 11.5. The normalized spacial score (nSPS) is 34.8. The highest BCUT2D eigenvalue weighted by Gasteiger charge is 2.51. The molecule has 0 unspecified atom stereocenters. The Bertz CT molecular complexity index is 1370. The van der Waals surface area contributed by atoms with Gasteiger partial charge >= 0.3 is 0 Å². The van der Waals surface area contributed by atoms with Gasteiger partial charge < -0.3 is 80.1 Å². The van der Waals surface area contributed by atoms with Gasteiger partial charge in [-0.25, -0.2) is 4.98 Å². The Morgan fingerprint density at radius 3 is 2.04 bits per heavy atom. The minimum absolute atomic E-state index is 0.241. The number of fused-ring (bicyclic) bond motifs is 2. The third kappa shape index (κ3) is 7.04. The summed E-state index contributed by atoms with van der Waals surface area (Å²) in [6.45, 7) is -2.55. The first-order valence-corrected chi connectivity index (χ1v) is 14.7. The lowest BCUT2D eigenvalue weighted by atomic mass is 9.96. The van der Waals surface area contributed by atoms with E-state index in [9.17, 15) is 56.2 Å². The van der Waals surface area contributed by atoms with Gasteiger partial charge in [-0.3, -0.25) is 0 Å². The van der Waals surface area contributed by atoms with Crippen molar-refractivity contribution in [1.82, 2.24) is 9.97 Å². The summed E-state index contributed by atoms with van der Waals surface area (Å²) in [5, 5.41) is 115. The molecule has 2 aliphatic rings. The average Bonchev–Trinajstić information content (AvgIpc) is 3.45. The lowest BCUT2D eigenvalue weighted by Crippen LogP contribution is -2.65. The van der Waals surface area contributed by atoms with Crippen LogP contribution in [0, 0.1) is 0 Å². The summed E-state index contributed by atoms with van der Waals surface area (Å²) in [4.78, 5) is 7.53. The van der Waals surface area contributed by atoms with Gasteiger partial charge in [0.2, 0.25) is 0 Å². The number of imidazole rings is 1. The third-order valence-corrected chi connectivity index (χ3v) is 8.35. The second-order valence-corrected chi connectivity index (χ2v) is 11.5. The van der Waals surface area contributed by atoms with Crippen LogP contribution in [0.3, 0.4) is 0 Å². The molecule has 0 radical (unpaired) electrons. The molecular weight excluding hydrogens is 616 g/mol. The number of aromatic amines is 1. The Morgan fingerprint density at radius 1 is 0.761 bits per heavy atom. The summed E-state index contributed by atoms with van der Waals surface area (Å²) in [6, 6.07) is 11.4. The molecule has 0 bridgehead atoms. The van der Waals surface area contributed by atoms with Gasteiger partial charge in [0.25, 0.3) is 0 Å². The van der Waals surface area contributed by atoms with Gasteiger partial charge in [-0.2, -0.15) is 0 Å². The zero-order valence-corrected chi connectivity index (χ0v) is 24.4. The van der Waals surface area contributed by atoms with Crippen molar-refractivity contribution in [3.05, 3.63) is 42.2 Å². The van der Waals surface area contributed by atoms with Gasteiger partial charge in [0, 0.05) is 6.42 Å². The van der Waals surface area contributed by atoms with E-state index in [1.54, 1.807) is 0 Å². The molecule has 0 aliphatic carbocycles. The standard InChI is InChI=1S/C29H40N2O15/c32-8-16(36)26(20(37)15(35)7-19-30-13-5-11-3-1-2-4-12(11)6-14(13)31-19)45-29-25(42)23(40)27(18(10-34)44-29)46-28-24(41)22(39)21(38)17(9-33)43-28/h1-6,15-18,20-29,32-42H,7-10H2,(H,30,31)/t15-,16+,17+,18+,20+,21+,22-,23+,24+,25+,26+,27+,28+,29+/m0/s1. The quantitative estimate of drug-likeness (QED) is 0.0872. The molecule has 46 heavy (non-hydrogen) atoms. The van der Waals surface area contributed by atoms with Crippen LogP contribution in [0.4, 0.5) is 0 Å². The van der Waals surface area contributed by atoms with E-state index < -0.39 is 106 Å². The summed E-state index contributed by atoms with van der Waals surface area (Å²) in [5.74, 6) is 0.298. The lowest BCUT2D eigenvalue weighted by molar-refractivity contribution is -0.367. The van der Waals surface area contributed by atoms with Crippen molar-refractivity contribution in [2.24, 2.45) is 0 Å². The molecule has 2 aromatic carbocycles. The largest absolute Gasteiger partial charge is 0.394 e. The first-order chi connectivity index (χ1) is 22.0. The van der Waals surface area contributed by atoms with Crippen molar-refractivity contribution in [3.8, 4) is 0 Å². The molecule has 0 saturated carbocycles. The molecule has 17 nitrogen and oxygen atoms in total. The van der Waals surface area contributed by atoms with Gasteiger partial charge in [-0.1, -0.05) is 24.3 Å². The Kier molecular flexibility index (Phi) is 11.2. The Labute approximate surface area is 261 Å². The maximum Gasteiger partial charge on any atom is 0.187 e. The maximum atomic E-state index is 11.0. The maximum absolute atomic E-state index is 11.0. The smallest absolute Gasteiger partial charge is 0.187 e. The minimum atomic E-state index is -1.99. The molecule has 2 aliphatic heterocycles. The van der Waals surface area contributed by atoms with Crippen molar-refractivity contribution in [2.75, 3.05) is 19.8 Å². The molecule has 5 rings (SSSR count). The van der Waals surface area contributed by atoms with E-state index >= 15 is 0 Å². The molecule has 12 N–H and O–H groups in total. The Balaban J connectivity index is 1.27. The predicted molar refractivity (Wildman–Crippen MR) is 154 cm³/mol. The molecule has 3 aromatic rings. The summed E-state index contributed by atoms with van der Waals surface area (Å²) >= 11 is 0. The van der Waals surface area contributed by atoms with Crippen LogP contribution >= 0.6 is 0 Å². The number of hydrogen-bond donors (Lipinski definition) is 12. The summed E-state index contributed by atoms with van der Waals surface area (Å²) in [7, 11) is 0. The molecule has 2 saturated heterocycles. The molecule has 0 spiro atoms. The summed E-state index contributed by atoms with van der Waals surface area (Å²) in [6.07, 6.45) is -24.7. The number of nitrogens with zero attached hydrogens (tertiary/aromatic N) is 1.